The first-order valence-corrected chi connectivity index (χ1v) is 9.33. The van der Waals surface area contributed by atoms with E-state index in [1.807, 2.05) is 4.90 Å². The van der Waals surface area contributed by atoms with Crippen LogP contribution in [0.1, 0.15) is 26.7 Å². The molecule has 1 fully saturated rings. The van der Waals surface area contributed by atoms with E-state index in [1.54, 1.807) is 13.8 Å². The molecule has 1 saturated heterocycles. The Labute approximate surface area is 162 Å². The number of nitrogens with one attached hydrogen (secondary N) is 1. The summed E-state index contributed by atoms with van der Waals surface area (Å²) in [6.07, 6.45) is 1.62. The zero-order valence-electron chi connectivity index (χ0n) is 14.2. The number of halogens is 3. The maximum absolute atomic E-state index is 12.6. The highest BCUT2D eigenvalue weighted by Crippen LogP contribution is 2.32. The Hall–Kier alpha value is -1.01. The summed E-state index contributed by atoms with van der Waals surface area (Å²) in [5.41, 5.74) is 0.409. The zero-order valence-corrected chi connectivity index (χ0v) is 16.4. The molecule has 138 valence electrons. The van der Waals surface area contributed by atoms with E-state index in [9.17, 15) is 9.59 Å². The fourth-order valence-corrected chi connectivity index (χ4v) is 3.43. The molecule has 8 heteroatoms. The largest absolute Gasteiger partial charge is 0.466 e. The monoisotopic (exact) mass is 406 g/mol. The van der Waals surface area contributed by atoms with Crippen molar-refractivity contribution in [2.24, 2.45) is 5.92 Å². The molecule has 1 aromatic carbocycles. The van der Waals surface area contributed by atoms with Gasteiger partial charge in [0.2, 0.25) is 5.91 Å². The van der Waals surface area contributed by atoms with Crippen molar-refractivity contribution in [1.29, 1.82) is 0 Å². The van der Waals surface area contributed by atoms with Crippen LogP contribution in [0.2, 0.25) is 15.1 Å². The smallest absolute Gasteiger partial charge is 0.310 e. The van der Waals surface area contributed by atoms with Crippen LogP contribution in [0.15, 0.2) is 12.1 Å². The molecule has 0 saturated carbocycles. The summed E-state index contributed by atoms with van der Waals surface area (Å²) < 4.78 is 5.09. The lowest BCUT2D eigenvalue weighted by Crippen LogP contribution is -2.48. The standard InChI is InChI=1S/C17H21Cl3N2O3/c1-3-25-17(24)11-5-4-6-22(9-11)10(2)16(23)21-15-8-13(19)12(18)7-14(15)20/h7-8,10-11H,3-6,9H2,1-2H3,(H,21,23)/t10-,11+/m1/s1. The molecule has 0 spiro atoms. The van der Waals surface area contributed by atoms with Gasteiger partial charge in [0.1, 0.15) is 0 Å². The number of piperidine rings is 1. The number of hydrogen-bond acceptors (Lipinski definition) is 4. The molecule has 25 heavy (non-hydrogen) atoms. The number of benzene rings is 1. The first kappa shape index (κ1) is 20.3. The number of likely N-dealkylation sites (tertiary alicyclic amines) is 1. The van der Waals surface area contributed by atoms with Gasteiger partial charge in [-0.2, -0.15) is 0 Å². The van der Waals surface area contributed by atoms with Crippen molar-refractivity contribution in [2.75, 3.05) is 25.0 Å². The van der Waals surface area contributed by atoms with Gasteiger partial charge in [0.25, 0.3) is 0 Å². The summed E-state index contributed by atoms with van der Waals surface area (Å²) in [5.74, 6) is -0.616. The molecule has 0 radical (unpaired) electrons. The van der Waals surface area contributed by atoms with Gasteiger partial charge in [0.05, 0.1) is 39.3 Å². The Morgan fingerprint density at radius 2 is 1.96 bits per heavy atom. The van der Waals surface area contributed by atoms with Gasteiger partial charge in [-0.3, -0.25) is 14.5 Å². The second-order valence-electron chi connectivity index (χ2n) is 6.00. The molecular formula is C17H21Cl3N2O3. The molecule has 0 unspecified atom stereocenters. The number of anilines is 1. The Balaban J connectivity index is 2.02. The number of esters is 1. The van der Waals surface area contributed by atoms with Crippen molar-refractivity contribution in [3.8, 4) is 0 Å². The molecule has 1 aromatic rings. The van der Waals surface area contributed by atoms with Crippen molar-refractivity contribution >= 4 is 52.4 Å². The molecule has 1 aliphatic rings. The maximum atomic E-state index is 12.6. The fourth-order valence-electron chi connectivity index (χ4n) is 2.83. The van der Waals surface area contributed by atoms with Crippen molar-refractivity contribution in [3.05, 3.63) is 27.2 Å². The Bertz CT molecular complexity index is 654. The fraction of sp³-hybridized carbons (Fsp3) is 0.529. The summed E-state index contributed by atoms with van der Waals surface area (Å²) in [4.78, 5) is 26.5. The van der Waals surface area contributed by atoms with Crippen LogP contribution in [0.5, 0.6) is 0 Å². The number of hydrogen-bond donors (Lipinski definition) is 1. The van der Waals surface area contributed by atoms with E-state index < -0.39 is 6.04 Å². The van der Waals surface area contributed by atoms with Crippen LogP contribution in [0, 0.1) is 5.92 Å². The Morgan fingerprint density at radius 1 is 1.28 bits per heavy atom. The zero-order chi connectivity index (χ0) is 18.6. The number of nitrogens with zero attached hydrogens (tertiary/aromatic N) is 1. The summed E-state index contributed by atoms with van der Waals surface area (Å²) in [7, 11) is 0. The maximum Gasteiger partial charge on any atom is 0.310 e. The molecule has 0 bridgehead atoms. The minimum Gasteiger partial charge on any atom is -0.466 e. The molecule has 1 aliphatic heterocycles. The highest BCUT2D eigenvalue weighted by molar-refractivity contribution is 6.44. The summed E-state index contributed by atoms with van der Waals surface area (Å²) >= 11 is 18.0. The molecule has 5 nitrogen and oxygen atoms in total. The van der Waals surface area contributed by atoms with Crippen LogP contribution in [0.25, 0.3) is 0 Å². The average Bonchev–Trinajstić information content (AvgIpc) is 2.59. The minimum atomic E-state index is -0.414. The Kier molecular flexibility index (Phi) is 7.37. The summed E-state index contributed by atoms with van der Waals surface area (Å²) in [5, 5.41) is 3.73. The molecule has 1 heterocycles. The van der Waals surface area contributed by atoms with Gasteiger partial charge in [0.15, 0.2) is 0 Å². The first-order chi connectivity index (χ1) is 11.8. The van der Waals surface area contributed by atoms with Crippen molar-refractivity contribution < 1.29 is 14.3 Å². The van der Waals surface area contributed by atoms with Gasteiger partial charge in [-0.25, -0.2) is 0 Å². The molecule has 1 N–H and O–H groups in total. The molecule has 2 rings (SSSR count). The summed E-state index contributed by atoms with van der Waals surface area (Å²) in [6.45, 7) is 5.20. The highest BCUT2D eigenvalue weighted by atomic mass is 35.5. The SMILES string of the molecule is CCOC(=O)[C@H]1CCCN([C@H](C)C(=O)Nc2cc(Cl)c(Cl)cc2Cl)C1. The third-order valence-electron chi connectivity index (χ3n) is 4.27. The number of amides is 1. The number of carbonyl (C=O) groups is 2. The van der Waals surface area contributed by atoms with E-state index in [2.05, 4.69) is 5.32 Å². The minimum absolute atomic E-state index is 0.197. The predicted octanol–water partition coefficient (Wildman–Crippen LogP) is 4.25. The van der Waals surface area contributed by atoms with E-state index in [-0.39, 0.29) is 17.8 Å². The molecule has 0 aliphatic carbocycles. The number of rotatable bonds is 5. The van der Waals surface area contributed by atoms with Crippen LogP contribution in [-0.4, -0.2) is 42.5 Å². The lowest BCUT2D eigenvalue weighted by atomic mass is 9.97. The molecule has 2 atom stereocenters. The van der Waals surface area contributed by atoms with Gasteiger partial charge >= 0.3 is 5.97 Å². The third kappa shape index (κ3) is 5.23. The van der Waals surface area contributed by atoms with Crippen molar-refractivity contribution in [2.45, 2.75) is 32.7 Å². The van der Waals surface area contributed by atoms with Crippen LogP contribution in [0.4, 0.5) is 5.69 Å². The summed E-state index contributed by atoms with van der Waals surface area (Å²) in [6, 6.07) is 2.60. The number of carbonyl (C=O) groups excluding carboxylic acids is 2. The predicted molar refractivity (Wildman–Crippen MR) is 100 cm³/mol. The van der Waals surface area contributed by atoms with Crippen LogP contribution < -0.4 is 5.32 Å². The topological polar surface area (TPSA) is 58.6 Å². The van der Waals surface area contributed by atoms with E-state index in [0.717, 1.165) is 19.4 Å². The lowest BCUT2D eigenvalue weighted by molar-refractivity contribution is -0.150. The van der Waals surface area contributed by atoms with Crippen LogP contribution >= 0.6 is 34.8 Å². The third-order valence-corrected chi connectivity index (χ3v) is 5.30. The van der Waals surface area contributed by atoms with Gasteiger partial charge in [-0.05, 0) is 45.4 Å². The van der Waals surface area contributed by atoms with Gasteiger partial charge in [-0.1, -0.05) is 34.8 Å². The lowest BCUT2D eigenvalue weighted by Gasteiger charge is -2.35. The molecule has 1 amide bonds. The Morgan fingerprint density at radius 3 is 2.64 bits per heavy atom. The normalized spacial score (nSPS) is 19.3. The van der Waals surface area contributed by atoms with Crippen LogP contribution in [0.3, 0.4) is 0 Å². The quantitative estimate of drug-likeness (QED) is 0.585. The van der Waals surface area contributed by atoms with E-state index >= 15 is 0 Å². The highest BCUT2D eigenvalue weighted by Gasteiger charge is 2.31. The first-order valence-electron chi connectivity index (χ1n) is 8.19. The van der Waals surface area contributed by atoms with Gasteiger partial charge < -0.3 is 10.1 Å². The van der Waals surface area contributed by atoms with Crippen molar-refractivity contribution in [3.63, 3.8) is 0 Å². The second kappa shape index (κ2) is 9.08. The van der Waals surface area contributed by atoms with E-state index in [4.69, 9.17) is 39.5 Å². The molecular weight excluding hydrogens is 387 g/mol. The van der Waals surface area contributed by atoms with E-state index in [1.165, 1.54) is 12.1 Å². The number of ether oxygens (including phenoxy) is 1. The van der Waals surface area contributed by atoms with Gasteiger partial charge in [0, 0.05) is 6.54 Å². The van der Waals surface area contributed by atoms with Crippen molar-refractivity contribution in [1.82, 2.24) is 4.90 Å². The van der Waals surface area contributed by atoms with Gasteiger partial charge in [-0.15, -0.1) is 0 Å². The molecule has 0 aromatic heterocycles. The second-order valence-corrected chi connectivity index (χ2v) is 7.22. The average molecular weight is 408 g/mol. The van der Waals surface area contributed by atoms with Crippen LogP contribution in [-0.2, 0) is 14.3 Å². The van der Waals surface area contributed by atoms with E-state index in [0.29, 0.717) is 33.9 Å².